The number of hydrogen-bond donors (Lipinski definition) is 2. The number of carboxylic acids is 2. The minimum atomic E-state index is -3.23. The van der Waals surface area contributed by atoms with Gasteiger partial charge < -0.3 is 10.2 Å². The number of rotatable bonds is 9. The molecular weight excluding hydrogens is 250 g/mol. The highest BCUT2D eigenvalue weighted by molar-refractivity contribution is 7.91. The van der Waals surface area contributed by atoms with E-state index in [-0.39, 0.29) is 18.1 Å². The number of carboxylic acid groups (broad SMARTS) is 2. The maximum atomic E-state index is 11.4. The van der Waals surface area contributed by atoms with E-state index in [0.29, 0.717) is 6.42 Å². The first-order valence-electron chi connectivity index (χ1n) is 5.13. The molecule has 0 radical (unpaired) electrons. The molecule has 0 aliphatic heterocycles. The third-order valence-electron chi connectivity index (χ3n) is 1.95. The van der Waals surface area contributed by atoms with Gasteiger partial charge in [-0.05, 0) is 6.42 Å². The first-order chi connectivity index (χ1) is 7.76. The summed E-state index contributed by atoms with van der Waals surface area (Å²) in [7, 11) is -3.23. The van der Waals surface area contributed by atoms with E-state index in [2.05, 4.69) is 0 Å². The summed E-state index contributed by atoms with van der Waals surface area (Å²) in [5.41, 5.74) is 0. The topological polar surface area (TPSA) is 112 Å². The van der Waals surface area contributed by atoms with Crippen molar-refractivity contribution in [2.45, 2.75) is 13.3 Å². The van der Waals surface area contributed by atoms with E-state index < -0.39 is 34.9 Å². The molecule has 0 aromatic carbocycles. The van der Waals surface area contributed by atoms with Crippen LogP contribution in [0, 0.1) is 0 Å². The van der Waals surface area contributed by atoms with E-state index in [9.17, 15) is 18.0 Å². The average molecular weight is 267 g/mol. The van der Waals surface area contributed by atoms with Gasteiger partial charge in [-0.2, -0.15) is 0 Å². The molecule has 0 unspecified atom stereocenters. The molecule has 0 amide bonds. The molecule has 0 rings (SSSR count). The van der Waals surface area contributed by atoms with Crippen LogP contribution in [0.1, 0.15) is 13.3 Å². The van der Waals surface area contributed by atoms with E-state index >= 15 is 0 Å². The van der Waals surface area contributed by atoms with Gasteiger partial charge in [-0.1, -0.05) is 6.92 Å². The Hall–Kier alpha value is -1.15. The summed E-state index contributed by atoms with van der Waals surface area (Å²) in [6.07, 6.45) is 0.486. The minimum absolute atomic E-state index is 0.0288. The third-order valence-corrected chi connectivity index (χ3v) is 3.79. The summed E-state index contributed by atoms with van der Waals surface area (Å²) < 4.78 is 22.8. The Bertz CT molecular complexity index is 348. The standard InChI is InChI=1S/C9H17NO6S/c1-2-4-17(15,16)5-3-10(6-8(11)12)7-9(13)14/h2-7H2,1H3,(H,11,12)(H,13,14). The molecule has 0 aliphatic rings. The highest BCUT2D eigenvalue weighted by Crippen LogP contribution is 1.97. The predicted molar refractivity (Wildman–Crippen MR) is 60.7 cm³/mol. The summed E-state index contributed by atoms with van der Waals surface area (Å²) in [6.45, 7) is 0.687. The van der Waals surface area contributed by atoms with E-state index in [1.807, 2.05) is 0 Å². The fourth-order valence-corrected chi connectivity index (χ4v) is 2.64. The van der Waals surface area contributed by atoms with Crippen LogP contribution in [-0.4, -0.2) is 66.6 Å². The Balaban J connectivity index is 4.34. The number of aliphatic carboxylic acids is 2. The molecule has 2 N–H and O–H groups in total. The second-order valence-electron chi connectivity index (χ2n) is 3.65. The lowest BCUT2D eigenvalue weighted by molar-refractivity contribution is -0.141. The van der Waals surface area contributed by atoms with Crippen LogP contribution >= 0.6 is 0 Å². The van der Waals surface area contributed by atoms with Crippen molar-refractivity contribution in [1.82, 2.24) is 4.90 Å². The van der Waals surface area contributed by atoms with Crippen molar-refractivity contribution in [3.8, 4) is 0 Å². The summed E-state index contributed by atoms with van der Waals surface area (Å²) in [5.74, 6) is -2.55. The van der Waals surface area contributed by atoms with Crippen LogP contribution in [0.2, 0.25) is 0 Å². The fraction of sp³-hybridized carbons (Fsp3) is 0.778. The van der Waals surface area contributed by atoms with Gasteiger partial charge >= 0.3 is 11.9 Å². The molecule has 0 saturated carbocycles. The smallest absolute Gasteiger partial charge is 0.317 e. The molecule has 0 heterocycles. The molecule has 0 saturated heterocycles. The highest BCUT2D eigenvalue weighted by atomic mass is 32.2. The summed E-state index contributed by atoms with van der Waals surface area (Å²) in [5, 5.41) is 17.1. The summed E-state index contributed by atoms with van der Waals surface area (Å²) >= 11 is 0. The van der Waals surface area contributed by atoms with Gasteiger partial charge in [-0.3, -0.25) is 14.5 Å². The van der Waals surface area contributed by atoms with Crippen molar-refractivity contribution < 1.29 is 28.2 Å². The van der Waals surface area contributed by atoms with Crippen LogP contribution in [0.25, 0.3) is 0 Å². The molecule has 0 spiro atoms. The lowest BCUT2D eigenvalue weighted by atomic mass is 10.4. The number of sulfone groups is 1. The first kappa shape index (κ1) is 15.9. The molecule has 100 valence electrons. The second kappa shape index (κ2) is 7.23. The van der Waals surface area contributed by atoms with Crippen LogP contribution in [0.15, 0.2) is 0 Å². The predicted octanol–water partition coefficient (Wildman–Crippen LogP) is -0.718. The minimum Gasteiger partial charge on any atom is -0.480 e. The number of carbonyl (C=O) groups is 2. The van der Waals surface area contributed by atoms with Gasteiger partial charge in [0.25, 0.3) is 0 Å². The maximum absolute atomic E-state index is 11.4. The zero-order valence-corrected chi connectivity index (χ0v) is 10.4. The average Bonchev–Trinajstić information content (AvgIpc) is 2.12. The lowest BCUT2D eigenvalue weighted by Crippen LogP contribution is -2.38. The van der Waals surface area contributed by atoms with Crippen LogP contribution in [0.5, 0.6) is 0 Å². The van der Waals surface area contributed by atoms with Gasteiger partial charge in [-0.25, -0.2) is 8.42 Å². The quantitative estimate of drug-likeness (QED) is 0.567. The summed E-state index contributed by atoms with van der Waals surface area (Å²) in [6, 6.07) is 0. The molecule has 0 aliphatic carbocycles. The molecule has 0 aromatic rings. The van der Waals surface area contributed by atoms with Crippen molar-refractivity contribution in [2.75, 3.05) is 31.1 Å². The third kappa shape index (κ3) is 8.64. The Morgan fingerprint density at radius 2 is 1.53 bits per heavy atom. The fourth-order valence-electron chi connectivity index (χ4n) is 1.28. The largest absolute Gasteiger partial charge is 0.480 e. The van der Waals surface area contributed by atoms with Gasteiger partial charge in [0.05, 0.1) is 18.8 Å². The van der Waals surface area contributed by atoms with Crippen LogP contribution in [-0.2, 0) is 19.4 Å². The van der Waals surface area contributed by atoms with Crippen LogP contribution in [0.4, 0.5) is 0 Å². The molecule has 0 atom stereocenters. The van der Waals surface area contributed by atoms with E-state index in [1.165, 1.54) is 0 Å². The van der Waals surface area contributed by atoms with Crippen molar-refractivity contribution in [3.63, 3.8) is 0 Å². The molecule has 8 heteroatoms. The Kier molecular flexibility index (Phi) is 6.74. The SMILES string of the molecule is CCCS(=O)(=O)CCN(CC(=O)O)CC(=O)O. The zero-order valence-electron chi connectivity index (χ0n) is 9.63. The normalized spacial score (nSPS) is 11.6. The molecule has 0 bridgehead atoms. The molecule has 7 nitrogen and oxygen atoms in total. The maximum Gasteiger partial charge on any atom is 0.317 e. The van der Waals surface area contributed by atoms with Crippen molar-refractivity contribution >= 4 is 21.8 Å². The van der Waals surface area contributed by atoms with Crippen LogP contribution < -0.4 is 0 Å². The Labute approximate surface area is 100.0 Å². The zero-order chi connectivity index (χ0) is 13.5. The van der Waals surface area contributed by atoms with Gasteiger partial charge in [0.2, 0.25) is 0 Å². The number of nitrogens with zero attached hydrogens (tertiary/aromatic N) is 1. The van der Waals surface area contributed by atoms with E-state index in [1.54, 1.807) is 6.92 Å². The monoisotopic (exact) mass is 267 g/mol. The van der Waals surface area contributed by atoms with Gasteiger partial charge in [0.1, 0.15) is 0 Å². The van der Waals surface area contributed by atoms with Crippen LogP contribution in [0.3, 0.4) is 0 Å². The number of hydrogen-bond acceptors (Lipinski definition) is 5. The second-order valence-corrected chi connectivity index (χ2v) is 5.95. The highest BCUT2D eigenvalue weighted by Gasteiger charge is 2.17. The van der Waals surface area contributed by atoms with Crippen molar-refractivity contribution in [3.05, 3.63) is 0 Å². The Morgan fingerprint density at radius 3 is 1.88 bits per heavy atom. The lowest BCUT2D eigenvalue weighted by Gasteiger charge is -2.17. The first-order valence-corrected chi connectivity index (χ1v) is 6.95. The van der Waals surface area contributed by atoms with Gasteiger partial charge in [0.15, 0.2) is 9.84 Å². The van der Waals surface area contributed by atoms with E-state index in [4.69, 9.17) is 10.2 Å². The van der Waals surface area contributed by atoms with Crippen molar-refractivity contribution in [2.24, 2.45) is 0 Å². The van der Waals surface area contributed by atoms with Gasteiger partial charge in [0, 0.05) is 12.3 Å². The Morgan fingerprint density at radius 1 is 1.06 bits per heavy atom. The van der Waals surface area contributed by atoms with E-state index in [0.717, 1.165) is 4.90 Å². The molecule has 0 fully saturated rings. The van der Waals surface area contributed by atoms with Crippen molar-refractivity contribution in [1.29, 1.82) is 0 Å². The molecule has 0 aromatic heterocycles. The summed E-state index contributed by atoms with van der Waals surface area (Å²) in [4.78, 5) is 22.0. The molecular formula is C9H17NO6S. The molecule has 17 heavy (non-hydrogen) atoms. The van der Waals surface area contributed by atoms with Gasteiger partial charge in [-0.15, -0.1) is 0 Å².